The third-order valence-corrected chi connectivity index (χ3v) is 12.7. The smallest absolute Gasteiger partial charge is 0.0421 e. The molecule has 9 rings (SSSR count). The van der Waals surface area contributed by atoms with E-state index in [2.05, 4.69) is 182 Å². The third-order valence-electron chi connectivity index (χ3n) is 9.76. The zero-order valence-corrected chi connectivity index (χ0v) is 30.8. The van der Waals surface area contributed by atoms with Crippen molar-refractivity contribution in [1.82, 2.24) is 0 Å². The summed E-state index contributed by atoms with van der Waals surface area (Å²) in [7, 11) is 0. The van der Waals surface area contributed by atoms with Crippen LogP contribution in [0, 0.1) is 6.92 Å². The molecule has 3 aromatic heterocycles. The van der Waals surface area contributed by atoms with E-state index in [1.165, 1.54) is 97.4 Å². The molecule has 0 spiro atoms. The van der Waals surface area contributed by atoms with Crippen molar-refractivity contribution in [3.05, 3.63) is 173 Å². The van der Waals surface area contributed by atoms with E-state index >= 15 is 0 Å². The summed E-state index contributed by atoms with van der Waals surface area (Å²) >= 11 is 5.48. The summed E-state index contributed by atoms with van der Waals surface area (Å²) in [4.78, 5) is 3.88. The Morgan fingerprint density at radius 3 is 1.24 bits per heavy atom. The van der Waals surface area contributed by atoms with Gasteiger partial charge in [-0.05, 0) is 145 Å². The molecule has 0 nitrogen and oxygen atoms in total. The molecule has 0 saturated heterocycles. The van der Waals surface area contributed by atoms with Gasteiger partial charge in [-0.1, -0.05) is 103 Å². The molecule has 0 bridgehead atoms. The van der Waals surface area contributed by atoms with Crippen LogP contribution in [0.5, 0.6) is 0 Å². The Morgan fingerprint density at radius 1 is 0.392 bits per heavy atom. The second-order valence-corrected chi connectivity index (χ2v) is 15.7. The highest BCUT2D eigenvalue weighted by Crippen LogP contribution is 2.46. The van der Waals surface area contributed by atoms with E-state index in [0.29, 0.717) is 0 Å². The Balaban J connectivity index is 1.22. The summed E-state index contributed by atoms with van der Waals surface area (Å²) < 4.78 is 0. The van der Waals surface area contributed by atoms with Crippen LogP contribution in [0.3, 0.4) is 0 Å². The lowest BCUT2D eigenvalue weighted by Crippen LogP contribution is -1.88. The molecule has 0 N–H and O–H groups in total. The minimum Gasteiger partial charge on any atom is -0.143 e. The van der Waals surface area contributed by atoms with Crippen molar-refractivity contribution < 1.29 is 0 Å². The van der Waals surface area contributed by atoms with E-state index < -0.39 is 0 Å². The first-order valence-electron chi connectivity index (χ1n) is 17.2. The molecular formula is C48H34S3. The molecule has 244 valence electrons. The monoisotopic (exact) mass is 706 g/mol. The molecule has 0 radical (unpaired) electrons. The van der Waals surface area contributed by atoms with Gasteiger partial charge in [-0.15, -0.1) is 34.0 Å². The zero-order chi connectivity index (χ0) is 34.3. The number of thiophene rings is 3. The Kier molecular flexibility index (Phi) is 8.33. The molecule has 0 aliphatic carbocycles. The van der Waals surface area contributed by atoms with Crippen molar-refractivity contribution >= 4 is 61.6 Å². The van der Waals surface area contributed by atoms with E-state index in [-0.39, 0.29) is 0 Å². The summed E-state index contributed by atoms with van der Waals surface area (Å²) in [5.74, 6) is 0. The van der Waals surface area contributed by atoms with E-state index in [4.69, 9.17) is 0 Å². The highest BCUT2D eigenvalue weighted by molar-refractivity contribution is 7.15. The summed E-state index contributed by atoms with van der Waals surface area (Å²) in [6.45, 7) is 4.28. The second-order valence-electron chi connectivity index (χ2n) is 13.0. The summed E-state index contributed by atoms with van der Waals surface area (Å²) in [6, 6.07) is 51.9. The lowest BCUT2D eigenvalue weighted by atomic mass is 9.93. The molecular weight excluding hydrogens is 673 g/mol. The predicted molar refractivity (Wildman–Crippen MR) is 227 cm³/mol. The Bertz CT molecular complexity index is 2590. The van der Waals surface area contributed by atoms with Gasteiger partial charge in [0.1, 0.15) is 0 Å². The Hall–Kier alpha value is -5.32. The number of allylic oxidation sites excluding steroid dienone is 1. The standard InChI is InChI=1S/C48H34S3/c1-3-8-32-13-16-37(25-31(32)2)43-19-22-49-46(43)40-28-41(47-44(20-23-50-47)38-17-14-33-9-4-6-11-35(33)26-38)30-42(29-40)48-45(21-24-51-48)39-18-15-34-10-5-7-12-36(34)27-39/h3-30H,1-2H3/b8-3-. The van der Waals surface area contributed by atoms with E-state index in [0.717, 1.165) is 0 Å². The predicted octanol–water partition coefficient (Wildman–Crippen LogP) is 15.5. The fraction of sp³-hybridized carbons (Fsp3) is 0.0417. The molecule has 0 saturated carbocycles. The van der Waals surface area contributed by atoms with Crippen molar-refractivity contribution in [2.75, 3.05) is 0 Å². The minimum absolute atomic E-state index is 1.25. The molecule has 6 aromatic carbocycles. The van der Waals surface area contributed by atoms with Gasteiger partial charge in [0, 0.05) is 31.3 Å². The first kappa shape index (κ1) is 31.6. The maximum atomic E-state index is 2.42. The molecule has 3 heterocycles. The summed E-state index contributed by atoms with van der Waals surface area (Å²) in [5, 5.41) is 11.8. The van der Waals surface area contributed by atoms with Gasteiger partial charge in [-0.3, -0.25) is 0 Å². The lowest BCUT2D eigenvalue weighted by Gasteiger charge is -2.14. The zero-order valence-electron chi connectivity index (χ0n) is 28.4. The van der Waals surface area contributed by atoms with Gasteiger partial charge in [0.2, 0.25) is 0 Å². The SMILES string of the molecule is C/C=C\c1ccc(-c2ccsc2-c2cc(-c3sccc3-c3ccc4ccccc4c3)cc(-c3sccc3-c3ccc4ccccc4c3)c2)cc1C. The van der Waals surface area contributed by atoms with Crippen molar-refractivity contribution in [1.29, 1.82) is 0 Å². The Labute approximate surface area is 311 Å². The first-order chi connectivity index (χ1) is 25.1. The topological polar surface area (TPSA) is 0 Å². The number of fused-ring (bicyclic) bond motifs is 2. The van der Waals surface area contributed by atoms with Crippen molar-refractivity contribution in [3.8, 4) is 64.7 Å². The van der Waals surface area contributed by atoms with Gasteiger partial charge in [0.25, 0.3) is 0 Å². The number of hydrogen-bond acceptors (Lipinski definition) is 3. The van der Waals surface area contributed by atoms with Crippen LogP contribution in [0.4, 0.5) is 0 Å². The van der Waals surface area contributed by atoms with Crippen LogP contribution in [-0.2, 0) is 0 Å². The Morgan fingerprint density at radius 2 is 0.804 bits per heavy atom. The van der Waals surface area contributed by atoms with E-state index in [9.17, 15) is 0 Å². The average Bonchev–Trinajstić information content (AvgIpc) is 3.97. The molecule has 0 amide bonds. The number of aryl methyl sites for hydroxylation is 1. The van der Waals surface area contributed by atoms with Crippen molar-refractivity contribution in [2.24, 2.45) is 0 Å². The van der Waals surface area contributed by atoms with Crippen molar-refractivity contribution in [3.63, 3.8) is 0 Å². The fourth-order valence-corrected chi connectivity index (χ4v) is 9.95. The van der Waals surface area contributed by atoms with Crippen LogP contribution >= 0.6 is 34.0 Å². The summed E-state index contributed by atoms with van der Waals surface area (Å²) in [6.07, 6.45) is 4.30. The van der Waals surface area contributed by atoms with Gasteiger partial charge in [0.05, 0.1) is 0 Å². The van der Waals surface area contributed by atoms with Crippen LogP contribution in [0.15, 0.2) is 162 Å². The molecule has 0 atom stereocenters. The number of rotatable bonds is 7. The summed E-state index contributed by atoms with van der Waals surface area (Å²) in [5.41, 5.74) is 13.9. The molecule has 3 heteroatoms. The second kappa shape index (κ2) is 13.4. The normalized spacial score (nSPS) is 11.6. The lowest BCUT2D eigenvalue weighted by molar-refractivity contribution is 1.44. The van der Waals surface area contributed by atoms with Crippen LogP contribution in [0.2, 0.25) is 0 Å². The third kappa shape index (κ3) is 5.98. The van der Waals surface area contributed by atoms with Crippen LogP contribution in [-0.4, -0.2) is 0 Å². The largest absolute Gasteiger partial charge is 0.143 e. The quantitative estimate of drug-likeness (QED) is 0.155. The molecule has 0 fully saturated rings. The molecule has 0 unspecified atom stereocenters. The minimum atomic E-state index is 1.25. The molecule has 0 aliphatic rings. The maximum absolute atomic E-state index is 2.42. The van der Waals surface area contributed by atoms with Gasteiger partial charge < -0.3 is 0 Å². The number of benzene rings is 6. The van der Waals surface area contributed by atoms with Gasteiger partial charge in [0.15, 0.2) is 0 Å². The number of hydrogen-bond donors (Lipinski definition) is 0. The van der Waals surface area contributed by atoms with Crippen LogP contribution in [0.25, 0.3) is 92.3 Å². The highest BCUT2D eigenvalue weighted by Gasteiger charge is 2.19. The maximum Gasteiger partial charge on any atom is 0.0421 e. The van der Waals surface area contributed by atoms with Gasteiger partial charge in [-0.25, -0.2) is 0 Å². The molecule has 9 aromatic rings. The average molecular weight is 707 g/mol. The van der Waals surface area contributed by atoms with Crippen LogP contribution in [0.1, 0.15) is 18.1 Å². The van der Waals surface area contributed by atoms with Gasteiger partial charge in [-0.2, -0.15) is 0 Å². The van der Waals surface area contributed by atoms with E-state index in [1.807, 2.05) is 34.0 Å². The molecule has 51 heavy (non-hydrogen) atoms. The van der Waals surface area contributed by atoms with E-state index in [1.54, 1.807) is 0 Å². The van der Waals surface area contributed by atoms with Gasteiger partial charge >= 0.3 is 0 Å². The highest BCUT2D eigenvalue weighted by atomic mass is 32.1. The fourth-order valence-electron chi connectivity index (χ4n) is 7.22. The van der Waals surface area contributed by atoms with Crippen molar-refractivity contribution in [2.45, 2.75) is 13.8 Å². The molecule has 0 aliphatic heterocycles. The first-order valence-corrected chi connectivity index (χ1v) is 19.9. The van der Waals surface area contributed by atoms with Crippen LogP contribution < -0.4 is 0 Å².